The number of amides is 1. The summed E-state index contributed by atoms with van der Waals surface area (Å²) in [5, 5.41) is 12.8. The average Bonchev–Trinajstić information content (AvgIpc) is 2.18. The van der Waals surface area contributed by atoms with E-state index in [1.165, 1.54) is 18.2 Å². The zero-order chi connectivity index (χ0) is 11.7. The van der Waals surface area contributed by atoms with E-state index in [9.17, 15) is 9.90 Å². The first kappa shape index (κ1) is 11.2. The van der Waals surface area contributed by atoms with Crippen LogP contribution in [0.4, 0.5) is 0 Å². The van der Waals surface area contributed by atoms with E-state index in [1.807, 2.05) is 0 Å². The molecule has 0 bridgehead atoms. The van der Waals surface area contributed by atoms with Crippen molar-refractivity contribution in [3.63, 3.8) is 0 Å². The number of halogens is 1. The highest BCUT2D eigenvalue weighted by Crippen LogP contribution is 2.23. The van der Waals surface area contributed by atoms with Crippen molar-refractivity contribution in [3.05, 3.63) is 28.8 Å². The highest BCUT2D eigenvalue weighted by molar-refractivity contribution is 6.33. The van der Waals surface area contributed by atoms with Crippen LogP contribution in [-0.2, 0) is 0 Å². The van der Waals surface area contributed by atoms with E-state index < -0.39 is 0 Å². The lowest BCUT2D eigenvalue weighted by Crippen LogP contribution is -2.57. The fourth-order valence-corrected chi connectivity index (χ4v) is 1.78. The number of likely N-dealkylation sites (N-methyl/N-ethyl adjacent to an activating group) is 1. The van der Waals surface area contributed by atoms with Gasteiger partial charge in [-0.2, -0.15) is 0 Å². The van der Waals surface area contributed by atoms with Crippen molar-refractivity contribution in [1.29, 1.82) is 0 Å². The Morgan fingerprint density at radius 1 is 1.56 bits per heavy atom. The summed E-state index contributed by atoms with van der Waals surface area (Å²) in [5.41, 5.74) is 0.344. The molecular weight excluding hydrogens is 228 g/mol. The van der Waals surface area contributed by atoms with Gasteiger partial charge in [-0.1, -0.05) is 11.6 Å². The minimum atomic E-state index is -0.160. The molecule has 0 spiro atoms. The molecule has 1 amide bonds. The number of aromatic hydroxyl groups is 1. The van der Waals surface area contributed by atoms with Crippen molar-refractivity contribution in [2.75, 3.05) is 20.1 Å². The maximum absolute atomic E-state index is 12.1. The molecule has 1 aliphatic heterocycles. The van der Waals surface area contributed by atoms with Gasteiger partial charge < -0.3 is 15.3 Å². The van der Waals surface area contributed by atoms with Gasteiger partial charge in [-0.05, 0) is 18.2 Å². The molecule has 0 aliphatic carbocycles. The van der Waals surface area contributed by atoms with Gasteiger partial charge in [0.05, 0.1) is 16.6 Å². The summed E-state index contributed by atoms with van der Waals surface area (Å²) in [4.78, 5) is 13.7. The molecule has 1 aromatic carbocycles. The molecule has 0 saturated carbocycles. The first-order valence-electron chi connectivity index (χ1n) is 5.06. The summed E-state index contributed by atoms with van der Waals surface area (Å²) in [6.07, 6.45) is 0. The molecule has 4 nitrogen and oxygen atoms in total. The van der Waals surface area contributed by atoms with Gasteiger partial charge in [0.1, 0.15) is 5.75 Å². The van der Waals surface area contributed by atoms with Crippen LogP contribution in [0.15, 0.2) is 18.2 Å². The molecule has 2 rings (SSSR count). The Morgan fingerprint density at radius 2 is 2.25 bits per heavy atom. The number of phenolic OH excluding ortho intramolecular Hbond substituents is 1. The Balaban J connectivity index is 2.22. The molecule has 0 aromatic heterocycles. The summed E-state index contributed by atoms with van der Waals surface area (Å²) >= 11 is 5.93. The van der Waals surface area contributed by atoms with Crippen molar-refractivity contribution in [2.45, 2.75) is 6.04 Å². The van der Waals surface area contributed by atoms with Crippen LogP contribution >= 0.6 is 11.6 Å². The lowest BCUT2D eigenvalue weighted by atomic mass is 10.1. The Hall–Kier alpha value is -1.26. The molecular formula is C11H13ClN2O2. The molecule has 1 heterocycles. The lowest BCUT2D eigenvalue weighted by Gasteiger charge is -2.35. The second-order valence-corrected chi connectivity index (χ2v) is 4.30. The van der Waals surface area contributed by atoms with Gasteiger partial charge in [0, 0.05) is 20.1 Å². The zero-order valence-electron chi connectivity index (χ0n) is 8.90. The fraction of sp³-hybridized carbons (Fsp3) is 0.364. The molecule has 0 unspecified atom stereocenters. The summed E-state index contributed by atoms with van der Waals surface area (Å²) in [7, 11) is 1.74. The van der Waals surface area contributed by atoms with Crippen LogP contribution in [-0.4, -0.2) is 42.1 Å². The number of phenols is 1. The topological polar surface area (TPSA) is 52.6 Å². The van der Waals surface area contributed by atoms with Crippen molar-refractivity contribution in [2.24, 2.45) is 0 Å². The van der Waals surface area contributed by atoms with E-state index in [4.69, 9.17) is 11.6 Å². The van der Waals surface area contributed by atoms with Gasteiger partial charge in [0.15, 0.2) is 0 Å². The van der Waals surface area contributed by atoms with E-state index in [-0.39, 0.29) is 17.7 Å². The van der Waals surface area contributed by atoms with Crippen LogP contribution in [0.25, 0.3) is 0 Å². The second-order valence-electron chi connectivity index (χ2n) is 3.89. The summed E-state index contributed by atoms with van der Waals surface area (Å²) in [6.45, 7) is 1.61. The minimum absolute atomic E-state index is 0.0490. The Kier molecular flexibility index (Phi) is 3.03. The predicted octanol–water partition coefficient (Wildman–Crippen LogP) is 1.09. The molecule has 1 saturated heterocycles. The maximum atomic E-state index is 12.1. The standard InChI is InChI=1S/C11H13ClN2O2/c1-14(7-5-13-6-7)11(16)9-4-8(15)2-3-10(9)12/h2-4,7,13,15H,5-6H2,1H3. The number of benzene rings is 1. The van der Waals surface area contributed by atoms with E-state index in [1.54, 1.807) is 11.9 Å². The second kappa shape index (κ2) is 4.31. The molecule has 1 fully saturated rings. The van der Waals surface area contributed by atoms with Crippen LogP contribution in [0.5, 0.6) is 5.75 Å². The molecule has 0 atom stereocenters. The van der Waals surface area contributed by atoms with Crippen LogP contribution in [0.3, 0.4) is 0 Å². The van der Waals surface area contributed by atoms with Crippen LogP contribution in [0, 0.1) is 0 Å². The summed E-state index contributed by atoms with van der Waals surface area (Å²) in [6, 6.07) is 4.60. The number of hydrogen-bond acceptors (Lipinski definition) is 3. The lowest BCUT2D eigenvalue weighted by molar-refractivity contribution is 0.0681. The normalized spacial score (nSPS) is 15.6. The number of rotatable bonds is 2. The molecule has 16 heavy (non-hydrogen) atoms. The summed E-state index contributed by atoms with van der Waals surface area (Å²) < 4.78 is 0. The Bertz CT molecular complexity index is 418. The molecule has 5 heteroatoms. The van der Waals surface area contributed by atoms with Gasteiger partial charge in [0.2, 0.25) is 0 Å². The SMILES string of the molecule is CN(C(=O)c1cc(O)ccc1Cl)C1CNC1. The van der Waals surface area contributed by atoms with Gasteiger partial charge in [0.25, 0.3) is 5.91 Å². The molecule has 1 aliphatic rings. The molecule has 1 aromatic rings. The molecule has 0 radical (unpaired) electrons. The van der Waals surface area contributed by atoms with Gasteiger partial charge >= 0.3 is 0 Å². The Morgan fingerprint density at radius 3 is 2.81 bits per heavy atom. The van der Waals surface area contributed by atoms with E-state index >= 15 is 0 Å². The fourth-order valence-electron chi connectivity index (χ4n) is 1.58. The monoisotopic (exact) mass is 240 g/mol. The summed E-state index contributed by atoms with van der Waals surface area (Å²) in [5.74, 6) is -0.111. The van der Waals surface area contributed by atoms with Crippen molar-refractivity contribution in [1.82, 2.24) is 10.2 Å². The quantitative estimate of drug-likeness (QED) is 0.814. The maximum Gasteiger partial charge on any atom is 0.255 e. The molecule has 2 N–H and O–H groups in total. The first-order chi connectivity index (χ1) is 7.59. The third-order valence-corrected chi connectivity index (χ3v) is 3.14. The van der Waals surface area contributed by atoms with Crippen LogP contribution < -0.4 is 5.32 Å². The number of carbonyl (C=O) groups excluding carboxylic acids is 1. The smallest absolute Gasteiger partial charge is 0.255 e. The van der Waals surface area contributed by atoms with E-state index in [2.05, 4.69) is 5.32 Å². The van der Waals surface area contributed by atoms with E-state index in [0.29, 0.717) is 10.6 Å². The predicted molar refractivity (Wildman–Crippen MR) is 61.9 cm³/mol. The molecule has 86 valence electrons. The van der Waals surface area contributed by atoms with Gasteiger partial charge in [-0.3, -0.25) is 4.79 Å². The number of nitrogens with one attached hydrogen (secondary N) is 1. The number of hydrogen-bond donors (Lipinski definition) is 2. The van der Waals surface area contributed by atoms with E-state index in [0.717, 1.165) is 13.1 Å². The van der Waals surface area contributed by atoms with Crippen molar-refractivity contribution in [3.8, 4) is 5.75 Å². The first-order valence-corrected chi connectivity index (χ1v) is 5.44. The Labute approximate surface area is 98.8 Å². The largest absolute Gasteiger partial charge is 0.508 e. The van der Waals surface area contributed by atoms with Crippen molar-refractivity contribution >= 4 is 17.5 Å². The van der Waals surface area contributed by atoms with Crippen LogP contribution in [0.2, 0.25) is 5.02 Å². The minimum Gasteiger partial charge on any atom is -0.508 e. The number of carbonyl (C=O) groups is 1. The van der Waals surface area contributed by atoms with Crippen LogP contribution in [0.1, 0.15) is 10.4 Å². The third-order valence-electron chi connectivity index (χ3n) is 2.81. The third kappa shape index (κ3) is 1.99. The average molecular weight is 241 g/mol. The van der Waals surface area contributed by atoms with Gasteiger partial charge in [-0.25, -0.2) is 0 Å². The number of nitrogens with zero attached hydrogens (tertiary/aromatic N) is 1. The van der Waals surface area contributed by atoms with Crippen molar-refractivity contribution < 1.29 is 9.90 Å². The zero-order valence-corrected chi connectivity index (χ0v) is 9.66. The highest BCUT2D eigenvalue weighted by Gasteiger charge is 2.27. The highest BCUT2D eigenvalue weighted by atomic mass is 35.5. The van der Waals surface area contributed by atoms with Gasteiger partial charge in [-0.15, -0.1) is 0 Å².